The van der Waals surface area contributed by atoms with Gasteiger partial charge in [0.2, 0.25) is 23.6 Å². The number of carboxylic acid groups (broad SMARTS) is 2. The van der Waals surface area contributed by atoms with Gasteiger partial charge >= 0.3 is 11.9 Å². The fourth-order valence-corrected chi connectivity index (χ4v) is 2.62. The molecule has 0 radical (unpaired) electrons. The first-order valence-corrected chi connectivity index (χ1v) is 10.3. The summed E-state index contributed by atoms with van der Waals surface area (Å²) in [5.41, 5.74) is 15.9. The van der Waals surface area contributed by atoms with Crippen LogP contribution < -0.4 is 33.2 Å². The number of hydrogen-bond acceptors (Lipinski definition) is 9. The minimum atomic E-state index is -1.63. The minimum Gasteiger partial charge on any atom is -0.481 e. The Bertz CT molecular complexity index is 707. The van der Waals surface area contributed by atoms with E-state index < -0.39 is 72.6 Å². The van der Waals surface area contributed by atoms with Crippen LogP contribution in [0.4, 0.5) is 0 Å². The van der Waals surface area contributed by atoms with E-state index in [1.165, 1.54) is 0 Å². The fraction of sp³-hybridized carbons (Fsp3) is 0.647. The summed E-state index contributed by atoms with van der Waals surface area (Å²) in [4.78, 5) is 70.8. The molecule has 0 saturated heterocycles. The summed E-state index contributed by atoms with van der Waals surface area (Å²) >= 11 is 3.84. The number of primary amides is 1. The van der Waals surface area contributed by atoms with E-state index in [-0.39, 0.29) is 12.2 Å². The van der Waals surface area contributed by atoms with E-state index >= 15 is 0 Å². The number of carboxylic acids is 2. The molecule has 4 unspecified atom stereocenters. The molecule has 0 aliphatic rings. The normalized spacial score (nSPS) is 14.3. The van der Waals surface area contributed by atoms with Crippen LogP contribution in [0.25, 0.3) is 0 Å². The Balaban J connectivity index is 5.44. The smallest absolute Gasteiger partial charge is 0.326 e. The second-order valence-corrected chi connectivity index (χ2v) is 7.23. The first kappa shape index (κ1) is 29.1. The van der Waals surface area contributed by atoms with Crippen molar-refractivity contribution in [3.63, 3.8) is 0 Å². The summed E-state index contributed by atoms with van der Waals surface area (Å²) in [6, 6.07) is -5.68. The summed E-state index contributed by atoms with van der Waals surface area (Å²) in [5.74, 6) is -6.84. The van der Waals surface area contributed by atoms with Crippen LogP contribution in [0.5, 0.6) is 0 Å². The van der Waals surface area contributed by atoms with Crippen molar-refractivity contribution in [2.45, 2.75) is 56.3 Å². The Hall–Kier alpha value is -2.91. The van der Waals surface area contributed by atoms with Gasteiger partial charge in [-0.2, -0.15) is 12.6 Å². The Morgan fingerprint density at radius 2 is 1.31 bits per heavy atom. The highest BCUT2D eigenvalue weighted by Gasteiger charge is 2.32. The molecule has 0 aliphatic carbocycles. The van der Waals surface area contributed by atoms with Gasteiger partial charge in [-0.3, -0.25) is 24.0 Å². The predicted molar refractivity (Wildman–Crippen MR) is 114 cm³/mol. The summed E-state index contributed by atoms with van der Waals surface area (Å²) in [7, 11) is 0. The maximum atomic E-state index is 12.5. The summed E-state index contributed by atoms with van der Waals surface area (Å²) in [6.45, 7) is 0.328. The summed E-state index contributed by atoms with van der Waals surface area (Å²) in [5, 5.41) is 24.7. The average molecular weight is 479 g/mol. The minimum absolute atomic E-state index is 0.0504. The van der Waals surface area contributed by atoms with Crippen molar-refractivity contribution >= 4 is 48.2 Å². The molecular weight excluding hydrogens is 448 g/mol. The Morgan fingerprint density at radius 3 is 1.75 bits per heavy atom. The highest BCUT2D eigenvalue weighted by molar-refractivity contribution is 7.80. The maximum absolute atomic E-state index is 12.5. The number of thiol groups is 1. The van der Waals surface area contributed by atoms with Gasteiger partial charge in [0.05, 0.1) is 18.9 Å². The largest absolute Gasteiger partial charge is 0.481 e. The van der Waals surface area contributed by atoms with E-state index in [4.69, 9.17) is 22.3 Å². The van der Waals surface area contributed by atoms with Crippen molar-refractivity contribution in [2.24, 2.45) is 17.2 Å². The van der Waals surface area contributed by atoms with Gasteiger partial charge in [-0.05, 0) is 25.8 Å². The number of aliphatic carboxylic acids is 2. The molecule has 32 heavy (non-hydrogen) atoms. The van der Waals surface area contributed by atoms with Gasteiger partial charge in [-0.25, -0.2) is 4.79 Å². The van der Waals surface area contributed by atoms with Gasteiger partial charge in [0.15, 0.2) is 0 Å². The molecule has 0 aromatic carbocycles. The number of carbonyl (C=O) groups excluding carboxylic acids is 4. The van der Waals surface area contributed by atoms with E-state index in [2.05, 4.69) is 28.6 Å². The lowest BCUT2D eigenvalue weighted by atomic mass is 10.1. The van der Waals surface area contributed by atoms with E-state index in [1.54, 1.807) is 0 Å². The van der Waals surface area contributed by atoms with Crippen molar-refractivity contribution in [1.82, 2.24) is 16.0 Å². The number of nitrogens with two attached hydrogens (primary N) is 3. The van der Waals surface area contributed by atoms with E-state index in [9.17, 15) is 33.9 Å². The number of unbranched alkanes of at least 4 members (excludes halogenated alkanes) is 1. The van der Waals surface area contributed by atoms with Crippen molar-refractivity contribution < 1.29 is 39.0 Å². The Morgan fingerprint density at radius 1 is 0.812 bits per heavy atom. The topological polar surface area (TPSA) is 257 Å². The fourth-order valence-electron chi connectivity index (χ4n) is 2.45. The van der Waals surface area contributed by atoms with Crippen LogP contribution in [0.2, 0.25) is 0 Å². The zero-order valence-corrected chi connectivity index (χ0v) is 18.2. The van der Waals surface area contributed by atoms with Crippen LogP contribution in [0.3, 0.4) is 0 Å². The Labute approximate surface area is 189 Å². The van der Waals surface area contributed by atoms with Crippen molar-refractivity contribution in [1.29, 1.82) is 0 Å². The summed E-state index contributed by atoms with van der Waals surface area (Å²) in [6.07, 6.45) is -0.575. The van der Waals surface area contributed by atoms with Crippen molar-refractivity contribution in [3.8, 4) is 0 Å². The van der Waals surface area contributed by atoms with Gasteiger partial charge in [-0.1, -0.05) is 0 Å². The first-order chi connectivity index (χ1) is 14.9. The lowest BCUT2D eigenvalue weighted by Gasteiger charge is -2.24. The van der Waals surface area contributed by atoms with Crippen LogP contribution in [0.1, 0.15) is 32.1 Å². The highest BCUT2D eigenvalue weighted by Crippen LogP contribution is 2.04. The zero-order chi connectivity index (χ0) is 24.8. The molecular formula is C17H30N6O8S. The quantitative estimate of drug-likeness (QED) is 0.0773. The molecule has 15 heteroatoms. The number of nitrogens with one attached hydrogen (secondary N) is 3. The number of amides is 4. The highest BCUT2D eigenvalue weighted by atomic mass is 32.1. The van der Waals surface area contributed by atoms with Gasteiger partial charge in [-0.15, -0.1) is 0 Å². The number of rotatable bonds is 16. The third-order valence-corrected chi connectivity index (χ3v) is 4.54. The number of carbonyl (C=O) groups is 6. The van der Waals surface area contributed by atoms with Gasteiger partial charge in [0.25, 0.3) is 0 Å². The molecule has 4 amide bonds. The lowest BCUT2D eigenvalue weighted by Crippen LogP contribution is -2.58. The predicted octanol–water partition coefficient (Wildman–Crippen LogP) is -3.74. The van der Waals surface area contributed by atoms with Gasteiger partial charge < -0.3 is 43.4 Å². The van der Waals surface area contributed by atoms with Crippen LogP contribution in [0.15, 0.2) is 0 Å². The van der Waals surface area contributed by atoms with E-state index in [1.807, 2.05) is 0 Å². The van der Waals surface area contributed by atoms with Crippen LogP contribution in [0, 0.1) is 0 Å². The molecule has 11 N–H and O–H groups in total. The van der Waals surface area contributed by atoms with Gasteiger partial charge in [0.1, 0.15) is 18.1 Å². The molecule has 0 aromatic heterocycles. The zero-order valence-electron chi connectivity index (χ0n) is 17.3. The monoisotopic (exact) mass is 478 g/mol. The van der Waals surface area contributed by atoms with E-state index in [0.717, 1.165) is 0 Å². The van der Waals surface area contributed by atoms with Crippen LogP contribution in [-0.2, 0) is 28.8 Å². The third-order valence-electron chi connectivity index (χ3n) is 4.14. The second kappa shape index (κ2) is 15.0. The van der Waals surface area contributed by atoms with E-state index in [0.29, 0.717) is 19.4 Å². The molecule has 14 nitrogen and oxygen atoms in total. The second-order valence-electron chi connectivity index (χ2n) is 6.86. The van der Waals surface area contributed by atoms with Crippen molar-refractivity contribution in [3.05, 3.63) is 0 Å². The first-order valence-electron chi connectivity index (χ1n) is 9.63. The molecule has 0 fully saturated rings. The van der Waals surface area contributed by atoms with Crippen LogP contribution in [-0.4, -0.2) is 82.2 Å². The van der Waals surface area contributed by atoms with Crippen LogP contribution >= 0.6 is 12.6 Å². The molecule has 0 heterocycles. The lowest BCUT2D eigenvalue weighted by molar-refractivity contribution is -0.143. The summed E-state index contributed by atoms with van der Waals surface area (Å²) < 4.78 is 0. The van der Waals surface area contributed by atoms with Crippen molar-refractivity contribution in [2.75, 3.05) is 12.3 Å². The molecule has 4 atom stereocenters. The average Bonchev–Trinajstić information content (AvgIpc) is 2.70. The third kappa shape index (κ3) is 11.5. The molecule has 0 saturated carbocycles. The molecule has 0 rings (SSSR count). The Kier molecular flexibility index (Phi) is 13.6. The maximum Gasteiger partial charge on any atom is 0.326 e. The molecule has 0 aliphatic heterocycles. The molecule has 0 bridgehead atoms. The molecule has 0 aromatic rings. The molecule has 0 spiro atoms. The molecule has 182 valence electrons. The number of hydrogen-bond donors (Lipinski definition) is 9. The SMILES string of the molecule is NCCCCC(NC(=O)C(CC(N)=O)NC(=O)C(CC(=O)O)NC(=O)C(N)CS)C(=O)O. The van der Waals surface area contributed by atoms with Gasteiger partial charge in [0, 0.05) is 5.75 Å². The standard InChI is InChI=1S/C17H30N6O8S/c18-4-2-1-3-9(17(30)31)21-15(28)10(5-12(20)24)23-16(29)11(6-13(25)26)22-14(27)8(19)7-32/h8-11,32H,1-7,18-19H2,(H2,20,24)(H,21,28)(H,22,27)(H,23,29)(H,25,26)(H,30,31).